The van der Waals surface area contributed by atoms with Crippen LogP contribution in [0.5, 0.6) is 11.5 Å². The van der Waals surface area contributed by atoms with Gasteiger partial charge in [0.05, 0.1) is 29.0 Å². The Hall–Kier alpha value is -3.43. The molecule has 0 radical (unpaired) electrons. The van der Waals surface area contributed by atoms with Crippen LogP contribution in [0.3, 0.4) is 0 Å². The number of aromatic nitrogens is 2. The largest absolute Gasteiger partial charge is 0.503 e. The summed E-state index contributed by atoms with van der Waals surface area (Å²) < 4.78 is 19.2. The number of hydrogen-bond acceptors (Lipinski definition) is 6. The standard InChI is InChI=1S/C23H19ClFN3O4S/c1-32-18-10-13(9-16(24)20(18)29)11-19-22(31)28-12-17(27-23(28)33-19)14-3-5-15(6-4-14)21(30)26-8-2-7-25/h3-6,9-12,29H,2,7-8H2,1H3,(H,26,30)/b19-11-. The molecule has 0 aliphatic heterocycles. The zero-order chi connectivity index (χ0) is 23.5. The predicted octanol–water partition coefficient (Wildman–Crippen LogP) is 3.43. The lowest BCUT2D eigenvalue weighted by atomic mass is 10.1. The summed E-state index contributed by atoms with van der Waals surface area (Å²) in [5.74, 6) is -0.217. The van der Waals surface area contributed by atoms with Gasteiger partial charge in [-0.2, -0.15) is 0 Å². The van der Waals surface area contributed by atoms with E-state index in [1.807, 2.05) is 0 Å². The van der Waals surface area contributed by atoms with E-state index >= 15 is 0 Å². The molecule has 33 heavy (non-hydrogen) atoms. The Kier molecular flexibility index (Phi) is 6.62. The normalized spacial score (nSPS) is 11.8. The number of thiazole rings is 1. The van der Waals surface area contributed by atoms with Gasteiger partial charge in [0.15, 0.2) is 16.5 Å². The third-order valence-corrected chi connectivity index (χ3v) is 6.18. The number of carbonyl (C=O) groups is 1. The first-order chi connectivity index (χ1) is 15.9. The summed E-state index contributed by atoms with van der Waals surface area (Å²) in [6, 6.07) is 9.95. The Morgan fingerprint density at radius 1 is 1.33 bits per heavy atom. The minimum Gasteiger partial charge on any atom is -0.503 e. The van der Waals surface area contributed by atoms with Gasteiger partial charge >= 0.3 is 0 Å². The molecule has 2 aromatic carbocycles. The van der Waals surface area contributed by atoms with Crippen molar-refractivity contribution in [1.29, 1.82) is 0 Å². The van der Waals surface area contributed by atoms with Crippen LogP contribution in [0.2, 0.25) is 5.02 Å². The maximum Gasteiger partial charge on any atom is 0.274 e. The number of fused-ring (bicyclic) bond motifs is 1. The van der Waals surface area contributed by atoms with Crippen LogP contribution < -0.4 is 20.1 Å². The van der Waals surface area contributed by atoms with Gasteiger partial charge in [0.25, 0.3) is 11.5 Å². The van der Waals surface area contributed by atoms with Crippen molar-refractivity contribution in [3.05, 3.63) is 73.6 Å². The average Bonchev–Trinajstić information content (AvgIpc) is 3.35. The van der Waals surface area contributed by atoms with Crippen molar-refractivity contribution in [1.82, 2.24) is 14.7 Å². The van der Waals surface area contributed by atoms with Crippen LogP contribution in [0.4, 0.5) is 4.39 Å². The maximum atomic E-state index is 12.9. The molecule has 0 spiro atoms. The van der Waals surface area contributed by atoms with E-state index in [9.17, 15) is 19.1 Å². The molecule has 0 saturated carbocycles. The van der Waals surface area contributed by atoms with E-state index in [-0.39, 0.29) is 41.0 Å². The highest BCUT2D eigenvalue weighted by atomic mass is 35.5. The van der Waals surface area contributed by atoms with Gasteiger partial charge < -0.3 is 15.2 Å². The van der Waals surface area contributed by atoms with Crippen molar-refractivity contribution in [2.75, 3.05) is 20.3 Å². The van der Waals surface area contributed by atoms with Crippen LogP contribution in [-0.4, -0.2) is 40.7 Å². The summed E-state index contributed by atoms with van der Waals surface area (Å²) in [5, 5.41) is 12.7. The molecule has 0 fully saturated rings. The molecule has 0 unspecified atom stereocenters. The molecule has 2 heterocycles. The number of amides is 1. The number of aromatic hydroxyl groups is 1. The monoisotopic (exact) mass is 487 g/mol. The van der Waals surface area contributed by atoms with Crippen LogP contribution in [0.25, 0.3) is 22.3 Å². The second-order valence-corrected chi connectivity index (χ2v) is 8.54. The number of ether oxygens (including phenoxy) is 1. The molecule has 1 amide bonds. The van der Waals surface area contributed by atoms with E-state index < -0.39 is 6.67 Å². The zero-order valence-electron chi connectivity index (χ0n) is 17.5. The smallest absolute Gasteiger partial charge is 0.274 e. The minimum atomic E-state index is -0.477. The number of nitrogens with one attached hydrogen (secondary N) is 1. The highest BCUT2D eigenvalue weighted by molar-refractivity contribution is 7.15. The number of hydrogen-bond donors (Lipinski definition) is 2. The molecular weight excluding hydrogens is 469 g/mol. The second-order valence-electron chi connectivity index (χ2n) is 7.12. The number of methoxy groups -OCH3 is 1. The van der Waals surface area contributed by atoms with Gasteiger partial charge in [0.2, 0.25) is 0 Å². The Morgan fingerprint density at radius 3 is 2.76 bits per heavy atom. The van der Waals surface area contributed by atoms with E-state index in [2.05, 4.69) is 10.3 Å². The zero-order valence-corrected chi connectivity index (χ0v) is 19.0. The summed E-state index contributed by atoms with van der Waals surface area (Å²) in [6.45, 7) is -0.197. The number of rotatable bonds is 7. The molecule has 4 rings (SSSR count). The van der Waals surface area contributed by atoms with E-state index in [4.69, 9.17) is 16.3 Å². The third-order valence-electron chi connectivity index (χ3n) is 4.91. The minimum absolute atomic E-state index is 0.121. The average molecular weight is 488 g/mol. The fourth-order valence-electron chi connectivity index (χ4n) is 3.22. The van der Waals surface area contributed by atoms with Gasteiger partial charge in [-0.05, 0) is 42.3 Å². The molecule has 0 aliphatic rings. The van der Waals surface area contributed by atoms with Crippen LogP contribution in [0, 0.1) is 0 Å². The summed E-state index contributed by atoms with van der Waals surface area (Å²) in [4.78, 5) is 30.0. The van der Waals surface area contributed by atoms with Crippen molar-refractivity contribution in [2.24, 2.45) is 0 Å². The van der Waals surface area contributed by atoms with E-state index in [1.54, 1.807) is 48.7 Å². The quantitative estimate of drug-likeness (QED) is 0.390. The summed E-state index contributed by atoms with van der Waals surface area (Å²) in [5.41, 5.74) is 2.19. The molecule has 0 saturated heterocycles. The molecule has 0 bridgehead atoms. The molecule has 7 nitrogen and oxygen atoms in total. The lowest BCUT2D eigenvalue weighted by molar-refractivity contribution is 0.0952. The molecule has 0 atom stereocenters. The summed E-state index contributed by atoms with van der Waals surface area (Å²) in [6.07, 6.45) is 3.58. The van der Waals surface area contributed by atoms with Gasteiger partial charge in [-0.1, -0.05) is 35.1 Å². The Labute approximate surface area is 196 Å². The van der Waals surface area contributed by atoms with Gasteiger partial charge in [-0.25, -0.2) is 4.98 Å². The van der Waals surface area contributed by atoms with Crippen molar-refractivity contribution in [2.45, 2.75) is 6.42 Å². The van der Waals surface area contributed by atoms with Crippen LogP contribution in [0.1, 0.15) is 22.3 Å². The second kappa shape index (κ2) is 9.60. The number of carbonyl (C=O) groups excluding carboxylic acids is 1. The summed E-state index contributed by atoms with van der Waals surface area (Å²) >= 11 is 7.25. The highest BCUT2D eigenvalue weighted by Crippen LogP contribution is 2.35. The van der Waals surface area contributed by atoms with E-state index in [0.717, 1.165) is 5.56 Å². The molecule has 0 aliphatic carbocycles. The fraction of sp³-hybridized carbons (Fsp3) is 0.174. The first-order valence-corrected chi connectivity index (χ1v) is 11.2. The van der Waals surface area contributed by atoms with Crippen molar-refractivity contribution in [3.63, 3.8) is 0 Å². The number of nitrogens with zero attached hydrogens (tertiary/aromatic N) is 2. The summed E-state index contributed by atoms with van der Waals surface area (Å²) in [7, 11) is 1.42. The SMILES string of the molecule is COc1cc(/C=c2\sc3nc(-c4ccc(C(=O)NCCCF)cc4)cn3c2=O)cc(Cl)c1O. The van der Waals surface area contributed by atoms with Crippen molar-refractivity contribution < 1.29 is 19.0 Å². The topological polar surface area (TPSA) is 92.9 Å². The molecule has 170 valence electrons. The number of imidazole rings is 1. The molecule has 10 heteroatoms. The Bertz CT molecular complexity index is 1430. The van der Waals surface area contributed by atoms with Crippen LogP contribution in [0.15, 0.2) is 47.4 Å². The maximum absolute atomic E-state index is 12.9. The molecule has 2 N–H and O–H groups in total. The van der Waals surface area contributed by atoms with Gasteiger partial charge in [0, 0.05) is 23.9 Å². The van der Waals surface area contributed by atoms with Gasteiger partial charge in [0.1, 0.15) is 0 Å². The highest BCUT2D eigenvalue weighted by Gasteiger charge is 2.13. The number of phenols is 1. The van der Waals surface area contributed by atoms with Crippen molar-refractivity contribution in [3.8, 4) is 22.8 Å². The number of benzene rings is 2. The first-order valence-electron chi connectivity index (χ1n) is 9.96. The molecule has 2 aromatic heterocycles. The number of halogens is 2. The predicted molar refractivity (Wildman–Crippen MR) is 126 cm³/mol. The third kappa shape index (κ3) is 4.69. The lowest BCUT2D eigenvalue weighted by Crippen LogP contribution is -2.24. The molecule has 4 aromatic rings. The van der Waals surface area contributed by atoms with Crippen LogP contribution in [-0.2, 0) is 0 Å². The number of alkyl halides is 1. The molecular formula is C23H19ClFN3O4S. The van der Waals surface area contributed by atoms with Crippen molar-refractivity contribution >= 4 is 39.9 Å². The number of phenolic OH excluding ortho intramolecular Hbond substituents is 1. The van der Waals surface area contributed by atoms with Gasteiger partial charge in [-0.15, -0.1) is 0 Å². The lowest BCUT2D eigenvalue weighted by Gasteiger charge is -2.05. The fourth-order valence-corrected chi connectivity index (χ4v) is 4.39. The first kappa shape index (κ1) is 22.8. The van der Waals surface area contributed by atoms with E-state index in [0.29, 0.717) is 26.3 Å². The Balaban J connectivity index is 1.61. The van der Waals surface area contributed by atoms with Crippen LogP contribution >= 0.6 is 22.9 Å². The van der Waals surface area contributed by atoms with Gasteiger partial charge in [-0.3, -0.25) is 18.4 Å². The van der Waals surface area contributed by atoms with E-state index in [1.165, 1.54) is 22.8 Å². The Morgan fingerprint density at radius 2 is 2.09 bits per heavy atom.